The van der Waals surface area contributed by atoms with E-state index in [1.165, 1.54) is 5.56 Å². The van der Waals surface area contributed by atoms with Crippen molar-refractivity contribution >= 4 is 11.8 Å². The average Bonchev–Trinajstić information content (AvgIpc) is 3.04. The van der Waals surface area contributed by atoms with Gasteiger partial charge in [0.05, 0.1) is 31.0 Å². The van der Waals surface area contributed by atoms with Crippen molar-refractivity contribution in [3.63, 3.8) is 0 Å². The van der Waals surface area contributed by atoms with Crippen molar-refractivity contribution < 1.29 is 14.3 Å². The summed E-state index contributed by atoms with van der Waals surface area (Å²) in [6, 6.07) is 17.1. The maximum Gasteiger partial charge on any atom is 0.255 e. The molecule has 0 fully saturated rings. The molecule has 0 saturated carbocycles. The molecule has 0 spiro atoms. The molecule has 3 rings (SSSR count). The monoisotopic (exact) mass is 420 g/mol. The standard InChI is InChI=1S/C24H28N4O3/c1-4-31-22-13-9-8-12-20(22)24(30)26-15-23(29)25-14-21-17(2)27-28(18(21)3)16-19-10-6-5-7-11-19/h5-13H,4,14-16H2,1-3H3,(H,25,29)(H,26,30). The lowest BCUT2D eigenvalue weighted by Gasteiger charge is -2.11. The van der Waals surface area contributed by atoms with Gasteiger partial charge < -0.3 is 15.4 Å². The number of hydrogen-bond acceptors (Lipinski definition) is 4. The number of nitrogens with zero attached hydrogens (tertiary/aromatic N) is 2. The van der Waals surface area contributed by atoms with Crippen LogP contribution in [0.2, 0.25) is 0 Å². The Kier molecular flexibility index (Phi) is 7.43. The fourth-order valence-electron chi connectivity index (χ4n) is 3.34. The summed E-state index contributed by atoms with van der Waals surface area (Å²) >= 11 is 0. The molecule has 1 heterocycles. The molecule has 3 aromatic rings. The first kappa shape index (κ1) is 22.1. The predicted octanol–water partition coefficient (Wildman–Crippen LogP) is 2.99. The predicted molar refractivity (Wildman–Crippen MR) is 119 cm³/mol. The average molecular weight is 421 g/mol. The summed E-state index contributed by atoms with van der Waals surface area (Å²) in [6.45, 7) is 7.16. The van der Waals surface area contributed by atoms with Crippen molar-refractivity contribution in [3.8, 4) is 5.75 Å². The highest BCUT2D eigenvalue weighted by atomic mass is 16.5. The van der Waals surface area contributed by atoms with Crippen LogP contribution in [0, 0.1) is 13.8 Å². The molecule has 7 heteroatoms. The Morgan fingerprint density at radius 3 is 2.45 bits per heavy atom. The van der Waals surface area contributed by atoms with Gasteiger partial charge in [0.2, 0.25) is 5.91 Å². The van der Waals surface area contributed by atoms with Gasteiger partial charge in [0, 0.05) is 17.8 Å². The largest absolute Gasteiger partial charge is 0.493 e. The third-order valence-corrected chi connectivity index (χ3v) is 5.01. The molecule has 2 N–H and O–H groups in total. The van der Waals surface area contributed by atoms with Gasteiger partial charge >= 0.3 is 0 Å². The van der Waals surface area contributed by atoms with E-state index in [9.17, 15) is 9.59 Å². The van der Waals surface area contributed by atoms with Gasteiger partial charge in [-0.3, -0.25) is 14.3 Å². The fourth-order valence-corrected chi connectivity index (χ4v) is 3.34. The molecule has 0 unspecified atom stereocenters. The first-order valence-corrected chi connectivity index (χ1v) is 10.3. The van der Waals surface area contributed by atoms with Crippen LogP contribution in [-0.4, -0.2) is 34.7 Å². The summed E-state index contributed by atoms with van der Waals surface area (Å²) < 4.78 is 7.41. The van der Waals surface area contributed by atoms with Gasteiger partial charge in [0.15, 0.2) is 0 Å². The van der Waals surface area contributed by atoms with E-state index in [-0.39, 0.29) is 18.4 Å². The molecule has 2 aromatic carbocycles. The smallest absolute Gasteiger partial charge is 0.255 e. The number of aryl methyl sites for hydroxylation is 1. The number of benzene rings is 2. The topological polar surface area (TPSA) is 85.2 Å². The number of para-hydroxylation sites is 1. The summed E-state index contributed by atoms with van der Waals surface area (Å²) in [6.07, 6.45) is 0. The van der Waals surface area contributed by atoms with Crippen LogP contribution in [0.25, 0.3) is 0 Å². The van der Waals surface area contributed by atoms with Crippen LogP contribution < -0.4 is 15.4 Å². The summed E-state index contributed by atoms with van der Waals surface area (Å²) in [5.41, 5.74) is 4.45. The van der Waals surface area contributed by atoms with Crippen LogP contribution in [0.4, 0.5) is 0 Å². The lowest BCUT2D eigenvalue weighted by Crippen LogP contribution is -2.36. The molecule has 0 bridgehead atoms. The molecule has 0 atom stereocenters. The minimum Gasteiger partial charge on any atom is -0.493 e. The second-order valence-corrected chi connectivity index (χ2v) is 7.18. The summed E-state index contributed by atoms with van der Waals surface area (Å²) in [5, 5.41) is 10.1. The first-order chi connectivity index (χ1) is 15.0. The van der Waals surface area contributed by atoms with Crippen molar-refractivity contribution in [3.05, 3.63) is 82.7 Å². The van der Waals surface area contributed by atoms with Crippen molar-refractivity contribution in [2.45, 2.75) is 33.9 Å². The summed E-state index contributed by atoms with van der Waals surface area (Å²) in [7, 11) is 0. The lowest BCUT2D eigenvalue weighted by molar-refractivity contribution is -0.120. The van der Waals surface area contributed by atoms with E-state index >= 15 is 0 Å². The molecule has 0 saturated heterocycles. The van der Waals surface area contributed by atoms with E-state index in [1.54, 1.807) is 24.3 Å². The van der Waals surface area contributed by atoms with Gasteiger partial charge in [0.1, 0.15) is 5.75 Å². The van der Waals surface area contributed by atoms with Gasteiger partial charge in [-0.2, -0.15) is 5.10 Å². The lowest BCUT2D eigenvalue weighted by atomic mass is 10.2. The van der Waals surface area contributed by atoms with Gasteiger partial charge in [-0.15, -0.1) is 0 Å². The van der Waals surface area contributed by atoms with Crippen molar-refractivity contribution in [1.82, 2.24) is 20.4 Å². The highest BCUT2D eigenvalue weighted by Crippen LogP contribution is 2.17. The Bertz CT molecular complexity index is 1040. The quantitative estimate of drug-likeness (QED) is 0.557. The SMILES string of the molecule is CCOc1ccccc1C(=O)NCC(=O)NCc1c(C)nn(Cc2ccccc2)c1C. The zero-order valence-electron chi connectivity index (χ0n) is 18.1. The van der Waals surface area contributed by atoms with E-state index in [0.29, 0.717) is 31.0 Å². The zero-order chi connectivity index (χ0) is 22.2. The van der Waals surface area contributed by atoms with Gasteiger partial charge in [-0.05, 0) is 38.5 Å². The van der Waals surface area contributed by atoms with E-state index in [0.717, 1.165) is 17.0 Å². The molecule has 162 valence electrons. The molecule has 0 aliphatic carbocycles. The Balaban J connectivity index is 1.55. The zero-order valence-corrected chi connectivity index (χ0v) is 18.1. The number of nitrogens with one attached hydrogen (secondary N) is 2. The number of aromatic nitrogens is 2. The van der Waals surface area contributed by atoms with Crippen LogP contribution >= 0.6 is 0 Å². The first-order valence-electron chi connectivity index (χ1n) is 10.3. The minimum atomic E-state index is -0.345. The number of hydrogen-bond donors (Lipinski definition) is 2. The molecule has 2 amide bonds. The highest BCUT2D eigenvalue weighted by molar-refractivity contribution is 5.98. The van der Waals surface area contributed by atoms with Gasteiger partial charge in [-0.1, -0.05) is 42.5 Å². The number of carbonyl (C=O) groups is 2. The second kappa shape index (κ2) is 10.4. The molecular weight excluding hydrogens is 392 g/mol. The number of rotatable bonds is 9. The van der Waals surface area contributed by atoms with E-state index in [4.69, 9.17) is 4.74 Å². The molecule has 31 heavy (non-hydrogen) atoms. The second-order valence-electron chi connectivity index (χ2n) is 7.18. The molecule has 7 nitrogen and oxygen atoms in total. The third-order valence-electron chi connectivity index (χ3n) is 5.01. The molecule has 1 aromatic heterocycles. The normalized spacial score (nSPS) is 10.5. The maximum absolute atomic E-state index is 12.4. The number of ether oxygens (including phenoxy) is 1. The van der Waals surface area contributed by atoms with Crippen LogP contribution in [0.5, 0.6) is 5.75 Å². The molecule has 0 aliphatic rings. The number of carbonyl (C=O) groups excluding carboxylic acids is 2. The Morgan fingerprint density at radius 2 is 1.71 bits per heavy atom. The summed E-state index contributed by atoms with van der Waals surface area (Å²) in [5.74, 6) is -0.112. The van der Waals surface area contributed by atoms with Crippen molar-refractivity contribution in [1.29, 1.82) is 0 Å². The van der Waals surface area contributed by atoms with E-state index < -0.39 is 0 Å². The molecule has 0 radical (unpaired) electrons. The number of amides is 2. The van der Waals surface area contributed by atoms with Crippen LogP contribution in [0.3, 0.4) is 0 Å². The minimum absolute atomic E-state index is 0.116. The van der Waals surface area contributed by atoms with Crippen molar-refractivity contribution in [2.75, 3.05) is 13.2 Å². The molecular formula is C24H28N4O3. The van der Waals surface area contributed by atoms with Crippen LogP contribution in [0.15, 0.2) is 54.6 Å². The van der Waals surface area contributed by atoms with Gasteiger partial charge in [-0.25, -0.2) is 0 Å². The Labute approximate surface area is 182 Å². The molecule has 0 aliphatic heterocycles. The van der Waals surface area contributed by atoms with E-state index in [1.807, 2.05) is 43.7 Å². The van der Waals surface area contributed by atoms with Gasteiger partial charge in [0.25, 0.3) is 5.91 Å². The summed E-state index contributed by atoms with van der Waals surface area (Å²) in [4.78, 5) is 24.7. The third kappa shape index (κ3) is 5.72. The Morgan fingerprint density at radius 1 is 1.00 bits per heavy atom. The maximum atomic E-state index is 12.4. The fraction of sp³-hybridized carbons (Fsp3) is 0.292. The van der Waals surface area contributed by atoms with Crippen LogP contribution in [0.1, 0.15) is 39.8 Å². The van der Waals surface area contributed by atoms with Crippen LogP contribution in [-0.2, 0) is 17.9 Å². The highest BCUT2D eigenvalue weighted by Gasteiger charge is 2.15. The van der Waals surface area contributed by atoms with E-state index in [2.05, 4.69) is 27.9 Å². The van der Waals surface area contributed by atoms with Crippen molar-refractivity contribution in [2.24, 2.45) is 0 Å². The Hall–Kier alpha value is -3.61.